The summed E-state index contributed by atoms with van der Waals surface area (Å²) in [5.74, 6) is -1.06. The lowest BCUT2D eigenvalue weighted by Gasteiger charge is -2.14. The van der Waals surface area contributed by atoms with Gasteiger partial charge < -0.3 is 5.32 Å². The highest BCUT2D eigenvalue weighted by molar-refractivity contribution is 7.22. The van der Waals surface area contributed by atoms with Gasteiger partial charge in [-0.15, -0.1) is 0 Å². The number of fused-ring (bicyclic) bond motifs is 4. The Labute approximate surface area is 171 Å². The molecule has 1 saturated heterocycles. The standard InChI is InChI=1S/C22H19N3O3S/c26-18(11-12-25-20(27)15-7-3-4-8-16(15)21(25)28)23-22-24-19-14-6-2-1-5-13(14)9-10-17(19)29-22/h1-6,9-10,15-16H,7-8,11-12H2,(H,23,24,26)/t15-,16-/m0/s1. The Balaban J connectivity index is 1.27. The van der Waals surface area contributed by atoms with Gasteiger partial charge in [0, 0.05) is 18.4 Å². The number of aromatic nitrogens is 1. The maximum Gasteiger partial charge on any atom is 0.233 e. The maximum atomic E-state index is 12.5. The van der Waals surface area contributed by atoms with Gasteiger partial charge in [-0.1, -0.05) is 53.8 Å². The molecule has 6 nitrogen and oxygen atoms in total. The molecule has 3 amide bonds. The molecule has 1 aliphatic heterocycles. The van der Waals surface area contributed by atoms with Crippen LogP contribution in [0.15, 0.2) is 48.6 Å². The van der Waals surface area contributed by atoms with E-state index in [9.17, 15) is 14.4 Å². The third-order valence-electron chi connectivity index (χ3n) is 5.69. The van der Waals surface area contributed by atoms with Crippen molar-refractivity contribution in [3.05, 3.63) is 48.6 Å². The van der Waals surface area contributed by atoms with Crippen molar-refractivity contribution in [2.75, 3.05) is 11.9 Å². The third kappa shape index (κ3) is 3.11. The molecule has 0 bridgehead atoms. The number of nitrogens with zero attached hydrogens (tertiary/aromatic N) is 2. The Kier molecular flexibility index (Phi) is 4.39. The monoisotopic (exact) mass is 405 g/mol. The number of hydrogen-bond donors (Lipinski definition) is 1. The Morgan fingerprint density at radius 1 is 1.07 bits per heavy atom. The van der Waals surface area contributed by atoms with E-state index < -0.39 is 0 Å². The zero-order valence-corrected chi connectivity index (χ0v) is 16.4. The normalized spacial score (nSPS) is 21.2. The van der Waals surface area contributed by atoms with Crippen LogP contribution in [-0.4, -0.2) is 34.2 Å². The number of hydrogen-bond acceptors (Lipinski definition) is 5. The van der Waals surface area contributed by atoms with Crippen LogP contribution in [0, 0.1) is 11.8 Å². The van der Waals surface area contributed by atoms with Crippen molar-refractivity contribution in [2.24, 2.45) is 11.8 Å². The number of thiazole rings is 1. The van der Waals surface area contributed by atoms with Crippen LogP contribution >= 0.6 is 11.3 Å². The van der Waals surface area contributed by atoms with Crippen LogP contribution in [0.2, 0.25) is 0 Å². The van der Waals surface area contributed by atoms with E-state index >= 15 is 0 Å². The van der Waals surface area contributed by atoms with Gasteiger partial charge in [-0.05, 0) is 24.3 Å². The van der Waals surface area contributed by atoms with Gasteiger partial charge in [-0.2, -0.15) is 0 Å². The van der Waals surface area contributed by atoms with Crippen molar-refractivity contribution < 1.29 is 14.4 Å². The molecular weight excluding hydrogens is 386 g/mol. The van der Waals surface area contributed by atoms with Gasteiger partial charge in [-0.3, -0.25) is 19.3 Å². The zero-order valence-electron chi connectivity index (χ0n) is 15.6. The van der Waals surface area contributed by atoms with Gasteiger partial charge in [0.2, 0.25) is 17.7 Å². The first-order chi connectivity index (χ1) is 14.1. The van der Waals surface area contributed by atoms with Crippen LogP contribution in [0.1, 0.15) is 19.3 Å². The van der Waals surface area contributed by atoms with Crippen LogP contribution in [-0.2, 0) is 14.4 Å². The first-order valence-corrected chi connectivity index (χ1v) is 10.5. The lowest BCUT2D eigenvalue weighted by molar-refractivity contribution is -0.140. The number of allylic oxidation sites excluding steroid dienone is 2. The number of nitrogens with one attached hydrogen (secondary N) is 1. The highest BCUT2D eigenvalue weighted by Crippen LogP contribution is 2.35. The summed E-state index contributed by atoms with van der Waals surface area (Å²) < 4.78 is 1.00. The Morgan fingerprint density at radius 3 is 2.55 bits per heavy atom. The number of imide groups is 1. The number of anilines is 1. The number of rotatable bonds is 4. The fraction of sp³-hybridized carbons (Fsp3) is 0.273. The minimum absolute atomic E-state index is 0.0705. The number of carbonyl (C=O) groups is 3. The van der Waals surface area contributed by atoms with Gasteiger partial charge >= 0.3 is 0 Å². The molecule has 29 heavy (non-hydrogen) atoms. The number of benzene rings is 2. The molecule has 146 valence electrons. The largest absolute Gasteiger partial charge is 0.302 e. The predicted octanol–water partition coefficient (Wildman–Crippen LogP) is 3.73. The van der Waals surface area contributed by atoms with E-state index in [0.29, 0.717) is 18.0 Å². The van der Waals surface area contributed by atoms with Gasteiger partial charge in [0.25, 0.3) is 0 Å². The first kappa shape index (κ1) is 18.0. The molecule has 3 aromatic rings. The van der Waals surface area contributed by atoms with E-state index in [-0.39, 0.29) is 42.5 Å². The van der Waals surface area contributed by atoms with E-state index in [4.69, 9.17) is 0 Å². The molecule has 0 saturated carbocycles. The van der Waals surface area contributed by atoms with E-state index in [1.807, 2.05) is 48.6 Å². The maximum absolute atomic E-state index is 12.5. The van der Waals surface area contributed by atoms with E-state index in [1.54, 1.807) is 0 Å². The van der Waals surface area contributed by atoms with Crippen molar-refractivity contribution in [1.82, 2.24) is 9.88 Å². The summed E-state index contributed by atoms with van der Waals surface area (Å²) in [4.78, 5) is 43.3. The average molecular weight is 405 g/mol. The summed E-state index contributed by atoms with van der Waals surface area (Å²) in [7, 11) is 0. The van der Waals surface area contributed by atoms with Crippen LogP contribution in [0.5, 0.6) is 0 Å². The van der Waals surface area contributed by atoms with E-state index in [0.717, 1.165) is 21.0 Å². The molecule has 2 aromatic carbocycles. The molecule has 2 atom stereocenters. The van der Waals surface area contributed by atoms with Gasteiger partial charge in [-0.25, -0.2) is 4.98 Å². The van der Waals surface area contributed by atoms with Gasteiger partial charge in [0.15, 0.2) is 5.13 Å². The smallest absolute Gasteiger partial charge is 0.233 e. The number of carbonyl (C=O) groups excluding carboxylic acids is 3. The van der Waals surface area contributed by atoms with Crippen molar-refractivity contribution >= 4 is 55.2 Å². The summed E-state index contributed by atoms with van der Waals surface area (Å²) in [6, 6.07) is 12.0. The molecule has 0 unspecified atom stereocenters. The van der Waals surface area contributed by atoms with Crippen molar-refractivity contribution in [1.29, 1.82) is 0 Å². The molecule has 5 rings (SSSR count). The second kappa shape index (κ2) is 7.08. The fourth-order valence-corrected chi connectivity index (χ4v) is 5.10. The summed E-state index contributed by atoms with van der Waals surface area (Å²) in [6.07, 6.45) is 5.20. The second-order valence-electron chi connectivity index (χ2n) is 7.43. The molecule has 1 N–H and O–H groups in total. The topological polar surface area (TPSA) is 79.4 Å². The SMILES string of the molecule is O=C(CCN1C(=O)[C@H]2CC=CC[C@@H]2C1=O)Nc1nc2c(ccc3ccccc32)s1. The highest BCUT2D eigenvalue weighted by Gasteiger charge is 2.46. The lowest BCUT2D eigenvalue weighted by Crippen LogP contribution is -2.34. The Morgan fingerprint density at radius 2 is 1.79 bits per heavy atom. The fourth-order valence-electron chi connectivity index (χ4n) is 4.20. The summed E-state index contributed by atoms with van der Waals surface area (Å²) >= 11 is 1.42. The molecular formula is C22H19N3O3S. The minimum Gasteiger partial charge on any atom is -0.302 e. The molecule has 0 spiro atoms. The molecule has 1 aliphatic carbocycles. The molecule has 2 aliphatic rings. The number of amides is 3. The molecule has 0 radical (unpaired) electrons. The summed E-state index contributed by atoms with van der Waals surface area (Å²) in [5.41, 5.74) is 0.866. The summed E-state index contributed by atoms with van der Waals surface area (Å²) in [6.45, 7) is 0.115. The zero-order chi connectivity index (χ0) is 20.0. The average Bonchev–Trinajstić information content (AvgIpc) is 3.26. The second-order valence-corrected chi connectivity index (χ2v) is 8.47. The minimum atomic E-state index is -0.256. The summed E-state index contributed by atoms with van der Waals surface area (Å²) in [5, 5.41) is 5.49. The molecule has 1 fully saturated rings. The van der Waals surface area contributed by atoms with Crippen molar-refractivity contribution in [2.45, 2.75) is 19.3 Å². The molecule has 1 aromatic heterocycles. The molecule has 7 heteroatoms. The molecule has 2 heterocycles. The van der Waals surface area contributed by atoms with Gasteiger partial charge in [0.05, 0.1) is 22.1 Å². The van der Waals surface area contributed by atoms with Crippen molar-refractivity contribution in [3.63, 3.8) is 0 Å². The van der Waals surface area contributed by atoms with Crippen molar-refractivity contribution in [3.8, 4) is 0 Å². The quantitative estimate of drug-likeness (QED) is 0.530. The van der Waals surface area contributed by atoms with Crippen LogP contribution in [0.4, 0.5) is 5.13 Å². The van der Waals surface area contributed by atoms with Crippen LogP contribution in [0.25, 0.3) is 21.0 Å². The Bertz CT molecular complexity index is 1160. The third-order valence-corrected chi connectivity index (χ3v) is 6.63. The predicted molar refractivity (Wildman–Crippen MR) is 112 cm³/mol. The van der Waals surface area contributed by atoms with E-state index in [1.165, 1.54) is 16.2 Å². The van der Waals surface area contributed by atoms with Crippen LogP contribution < -0.4 is 5.32 Å². The van der Waals surface area contributed by atoms with Gasteiger partial charge in [0.1, 0.15) is 0 Å². The number of likely N-dealkylation sites (tertiary alicyclic amines) is 1. The lowest BCUT2D eigenvalue weighted by atomic mass is 9.85. The van der Waals surface area contributed by atoms with E-state index in [2.05, 4.69) is 10.3 Å². The Hall–Kier alpha value is -3.06. The first-order valence-electron chi connectivity index (χ1n) is 9.70. The highest BCUT2D eigenvalue weighted by atomic mass is 32.1. The van der Waals surface area contributed by atoms with Crippen LogP contribution in [0.3, 0.4) is 0 Å².